The number of nitriles is 1. The van der Waals surface area contributed by atoms with E-state index >= 15 is 0 Å². The van der Waals surface area contributed by atoms with Crippen molar-refractivity contribution in [2.75, 3.05) is 0 Å². The maximum atomic E-state index is 13.6. The highest BCUT2D eigenvalue weighted by atomic mass is 19.1. The average Bonchev–Trinajstić information content (AvgIpc) is 2.90. The van der Waals surface area contributed by atoms with Crippen molar-refractivity contribution < 1.29 is 9.18 Å². The number of carbonyl (C=O) groups is 1. The smallest absolute Gasteiger partial charge is 0.226 e. The van der Waals surface area contributed by atoms with Crippen LogP contribution in [0.25, 0.3) is 0 Å². The van der Waals surface area contributed by atoms with Crippen molar-refractivity contribution in [1.82, 2.24) is 10.3 Å². The number of H-pyrrole nitrogens is 1. The summed E-state index contributed by atoms with van der Waals surface area (Å²) < 4.78 is 13.6. The number of nitrogens with one attached hydrogen (secondary N) is 2. The molecule has 0 aliphatic rings. The van der Waals surface area contributed by atoms with Gasteiger partial charge in [-0.2, -0.15) is 5.26 Å². The minimum absolute atomic E-state index is 0.108. The lowest BCUT2D eigenvalue weighted by molar-refractivity contribution is -0.120. The normalized spacial score (nSPS) is 9.89. The molecule has 5 heteroatoms. The fraction of sp³-hybridized carbons (Fsp3) is 0.143. The van der Waals surface area contributed by atoms with Crippen LogP contribution in [0.2, 0.25) is 0 Å². The van der Waals surface area contributed by atoms with Gasteiger partial charge in [0.05, 0.1) is 18.1 Å². The van der Waals surface area contributed by atoms with Crippen LogP contribution in [0.5, 0.6) is 0 Å². The largest absolute Gasteiger partial charge is 0.365 e. The molecule has 1 aromatic carbocycles. The minimum atomic E-state index is -0.487. The summed E-state index contributed by atoms with van der Waals surface area (Å²) in [6.45, 7) is 0.108. The van der Waals surface area contributed by atoms with E-state index in [1.807, 2.05) is 18.2 Å². The number of nitrogens with zero attached hydrogens (tertiary/aromatic N) is 1. The first-order valence-electron chi connectivity index (χ1n) is 5.76. The number of benzene rings is 1. The van der Waals surface area contributed by atoms with Gasteiger partial charge in [-0.15, -0.1) is 0 Å². The Hall–Kier alpha value is -2.61. The topological polar surface area (TPSA) is 68.7 Å². The van der Waals surface area contributed by atoms with E-state index in [4.69, 9.17) is 5.26 Å². The van der Waals surface area contributed by atoms with Gasteiger partial charge < -0.3 is 10.3 Å². The van der Waals surface area contributed by atoms with Gasteiger partial charge in [-0.05, 0) is 24.3 Å². The fourth-order valence-corrected chi connectivity index (χ4v) is 1.67. The fourth-order valence-electron chi connectivity index (χ4n) is 1.67. The highest BCUT2D eigenvalue weighted by molar-refractivity contribution is 5.78. The van der Waals surface area contributed by atoms with Gasteiger partial charge in [-0.25, -0.2) is 4.39 Å². The number of amides is 1. The van der Waals surface area contributed by atoms with E-state index in [1.54, 1.807) is 6.20 Å². The van der Waals surface area contributed by atoms with Crippen molar-refractivity contribution in [3.8, 4) is 6.07 Å². The Morgan fingerprint density at radius 3 is 2.89 bits per heavy atom. The number of halogens is 1. The lowest BCUT2D eigenvalue weighted by atomic mass is 10.1. The Morgan fingerprint density at radius 2 is 2.26 bits per heavy atom. The minimum Gasteiger partial charge on any atom is -0.365 e. The third-order valence-corrected chi connectivity index (χ3v) is 2.67. The molecule has 0 aliphatic heterocycles. The Labute approximate surface area is 109 Å². The molecule has 0 saturated carbocycles. The molecule has 0 aliphatic carbocycles. The first kappa shape index (κ1) is 12.8. The molecular weight excluding hydrogens is 245 g/mol. The lowest BCUT2D eigenvalue weighted by Gasteiger charge is -2.06. The number of hydrogen-bond donors (Lipinski definition) is 2. The Morgan fingerprint density at radius 1 is 1.42 bits per heavy atom. The zero-order chi connectivity index (χ0) is 13.7. The van der Waals surface area contributed by atoms with Crippen LogP contribution in [0, 0.1) is 17.1 Å². The molecule has 2 N–H and O–H groups in total. The molecule has 0 fully saturated rings. The molecule has 1 heterocycles. The van der Waals surface area contributed by atoms with Crippen molar-refractivity contribution in [2.24, 2.45) is 0 Å². The molecule has 2 aromatic rings. The van der Waals surface area contributed by atoms with Gasteiger partial charge in [-0.1, -0.05) is 6.07 Å². The van der Waals surface area contributed by atoms with Gasteiger partial charge in [0.1, 0.15) is 5.82 Å². The number of carbonyl (C=O) groups excluding carboxylic acids is 1. The molecule has 0 atom stereocenters. The summed E-state index contributed by atoms with van der Waals surface area (Å²) in [5, 5.41) is 11.3. The van der Waals surface area contributed by atoms with Gasteiger partial charge in [0.2, 0.25) is 5.91 Å². The van der Waals surface area contributed by atoms with Gasteiger partial charge in [0, 0.05) is 24.0 Å². The predicted octanol–water partition coefficient (Wildman–Crippen LogP) is 1.88. The van der Waals surface area contributed by atoms with Crippen LogP contribution in [0.1, 0.15) is 16.8 Å². The summed E-state index contributed by atoms with van der Waals surface area (Å²) in [5.74, 6) is -0.676. The first-order chi connectivity index (χ1) is 9.19. The van der Waals surface area contributed by atoms with Gasteiger partial charge >= 0.3 is 0 Å². The highest BCUT2D eigenvalue weighted by Crippen LogP contribution is 2.09. The van der Waals surface area contributed by atoms with E-state index in [0.29, 0.717) is 5.56 Å². The van der Waals surface area contributed by atoms with Crippen molar-refractivity contribution >= 4 is 5.91 Å². The van der Waals surface area contributed by atoms with Crippen LogP contribution in [0.15, 0.2) is 36.5 Å². The summed E-state index contributed by atoms with van der Waals surface area (Å²) in [5.41, 5.74) is 1.43. The molecule has 1 amide bonds. The second kappa shape index (κ2) is 5.83. The Balaban J connectivity index is 1.92. The maximum absolute atomic E-state index is 13.6. The highest BCUT2D eigenvalue weighted by Gasteiger charge is 2.07. The van der Waals surface area contributed by atoms with E-state index in [1.165, 1.54) is 12.1 Å². The SMILES string of the molecule is N#Cc1ccc(CNC(=O)Cc2ccc[nH]2)c(F)c1. The van der Waals surface area contributed by atoms with Crippen molar-refractivity contribution in [1.29, 1.82) is 5.26 Å². The van der Waals surface area contributed by atoms with E-state index < -0.39 is 5.82 Å². The number of aromatic amines is 1. The summed E-state index contributed by atoms with van der Waals surface area (Å²) in [6.07, 6.45) is 1.97. The van der Waals surface area contributed by atoms with E-state index in [2.05, 4.69) is 10.3 Å². The zero-order valence-corrected chi connectivity index (χ0v) is 10.1. The Bertz CT molecular complexity index is 614. The van der Waals surface area contributed by atoms with Crippen molar-refractivity contribution in [2.45, 2.75) is 13.0 Å². The van der Waals surface area contributed by atoms with E-state index in [-0.39, 0.29) is 24.4 Å². The average molecular weight is 257 g/mol. The second-order valence-electron chi connectivity index (χ2n) is 4.07. The lowest BCUT2D eigenvalue weighted by Crippen LogP contribution is -2.25. The van der Waals surface area contributed by atoms with Crippen molar-refractivity contribution in [3.05, 3.63) is 59.2 Å². The maximum Gasteiger partial charge on any atom is 0.226 e. The van der Waals surface area contributed by atoms with Gasteiger partial charge in [-0.3, -0.25) is 4.79 Å². The molecule has 0 unspecified atom stereocenters. The van der Waals surface area contributed by atoms with Gasteiger partial charge in [0.15, 0.2) is 0 Å². The van der Waals surface area contributed by atoms with Crippen LogP contribution in [-0.2, 0) is 17.8 Å². The summed E-state index contributed by atoms with van der Waals surface area (Å²) in [7, 11) is 0. The molecule has 0 saturated heterocycles. The molecule has 0 radical (unpaired) electrons. The standard InChI is InChI=1S/C14H12FN3O/c15-13-6-10(8-16)3-4-11(13)9-18-14(19)7-12-2-1-5-17-12/h1-6,17H,7,9H2,(H,18,19). The van der Waals surface area contributed by atoms with Crippen LogP contribution in [0.4, 0.5) is 4.39 Å². The summed E-state index contributed by atoms with van der Waals surface area (Å²) >= 11 is 0. The zero-order valence-electron chi connectivity index (χ0n) is 10.1. The number of hydrogen-bond acceptors (Lipinski definition) is 2. The number of rotatable bonds is 4. The quantitative estimate of drug-likeness (QED) is 0.878. The molecule has 0 bridgehead atoms. The molecular formula is C14H12FN3O. The van der Waals surface area contributed by atoms with E-state index in [9.17, 15) is 9.18 Å². The molecule has 1 aromatic heterocycles. The third-order valence-electron chi connectivity index (χ3n) is 2.67. The van der Waals surface area contributed by atoms with Crippen LogP contribution in [-0.4, -0.2) is 10.9 Å². The summed E-state index contributed by atoms with van der Waals surface area (Å²) in [4.78, 5) is 14.5. The number of aromatic nitrogens is 1. The van der Waals surface area contributed by atoms with Crippen LogP contribution >= 0.6 is 0 Å². The predicted molar refractivity (Wildman–Crippen MR) is 67.5 cm³/mol. The molecule has 0 spiro atoms. The van der Waals surface area contributed by atoms with Crippen LogP contribution in [0.3, 0.4) is 0 Å². The summed E-state index contributed by atoms with van der Waals surface area (Å²) in [6, 6.07) is 9.66. The third kappa shape index (κ3) is 3.42. The second-order valence-corrected chi connectivity index (χ2v) is 4.07. The molecule has 19 heavy (non-hydrogen) atoms. The molecule has 4 nitrogen and oxygen atoms in total. The molecule has 96 valence electrons. The molecule has 2 rings (SSSR count). The monoisotopic (exact) mass is 257 g/mol. The first-order valence-corrected chi connectivity index (χ1v) is 5.76. The Kier molecular flexibility index (Phi) is 3.94. The van der Waals surface area contributed by atoms with E-state index in [0.717, 1.165) is 11.8 Å². The van der Waals surface area contributed by atoms with Gasteiger partial charge in [0.25, 0.3) is 0 Å². The van der Waals surface area contributed by atoms with Crippen molar-refractivity contribution in [3.63, 3.8) is 0 Å². The van der Waals surface area contributed by atoms with Crippen LogP contribution < -0.4 is 5.32 Å².